The number of rotatable bonds is 10. The Morgan fingerprint density at radius 3 is 2.63 bits per heavy atom. The van der Waals surface area contributed by atoms with Crippen molar-refractivity contribution >= 4 is 29.7 Å². The van der Waals surface area contributed by atoms with E-state index in [1.54, 1.807) is 17.8 Å². The fourth-order valence-electron chi connectivity index (χ4n) is 1.16. The summed E-state index contributed by atoms with van der Waals surface area (Å²) in [7, 11) is 0. The van der Waals surface area contributed by atoms with Crippen LogP contribution in [0.3, 0.4) is 0 Å². The van der Waals surface area contributed by atoms with Crippen molar-refractivity contribution in [3.8, 4) is 0 Å². The average Bonchev–Trinajstić information content (AvgIpc) is 2.33. The van der Waals surface area contributed by atoms with Gasteiger partial charge in [0.25, 0.3) is 0 Å². The van der Waals surface area contributed by atoms with Crippen LogP contribution in [0.5, 0.6) is 0 Å². The molecule has 0 fully saturated rings. The number of nitrogens with one attached hydrogen (secondary N) is 2. The molecule has 5 N–H and O–H groups in total. The lowest BCUT2D eigenvalue weighted by Gasteiger charge is -2.14. The highest BCUT2D eigenvalue weighted by Gasteiger charge is 2.20. The molecule has 0 rings (SSSR count). The molecule has 0 saturated heterocycles. The third-order valence-corrected chi connectivity index (χ3v) is 3.01. The molecule has 19 heavy (non-hydrogen) atoms. The maximum Gasteiger partial charge on any atom is 0.326 e. The number of nitrogens with two attached hydrogens (primary N) is 1. The zero-order valence-corrected chi connectivity index (χ0v) is 11.4. The summed E-state index contributed by atoms with van der Waals surface area (Å²) in [5, 5.41) is 13.7. The Balaban J connectivity index is 3.93. The summed E-state index contributed by atoms with van der Waals surface area (Å²) in [5.74, 6) is -0.301. The smallest absolute Gasteiger partial charge is 0.326 e. The quantitative estimate of drug-likeness (QED) is 0.331. The highest BCUT2D eigenvalue weighted by molar-refractivity contribution is 7.99. The first kappa shape index (κ1) is 17.3. The van der Waals surface area contributed by atoms with Gasteiger partial charge in [0, 0.05) is 24.5 Å². The Bertz CT molecular complexity index is 336. The molecule has 0 spiro atoms. The number of aliphatic carboxylic acids is 1. The van der Waals surface area contributed by atoms with E-state index in [1.165, 1.54) is 0 Å². The minimum atomic E-state index is -1.20. The summed E-state index contributed by atoms with van der Waals surface area (Å²) in [5.41, 5.74) is 4.93. The van der Waals surface area contributed by atoms with E-state index in [0.717, 1.165) is 5.75 Å². The van der Waals surface area contributed by atoms with Crippen LogP contribution in [0.2, 0.25) is 0 Å². The number of carboxylic acids is 1. The number of carbonyl (C=O) groups excluding carboxylic acids is 2. The molecule has 0 radical (unpaired) electrons. The highest BCUT2D eigenvalue weighted by atomic mass is 32.2. The Morgan fingerprint density at radius 2 is 2.11 bits per heavy atom. The maximum atomic E-state index is 11.4. The van der Waals surface area contributed by atoms with Gasteiger partial charge in [0.15, 0.2) is 0 Å². The molecule has 0 aliphatic carbocycles. The van der Waals surface area contributed by atoms with Crippen molar-refractivity contribution < 1.29 is 19.5 Å². The van der Waals surface area contributed by atoms with Crippen LogP contribution in [0.25, 0.3) is 0 Å². The Hall–Kier alpha value is -1.70. The van der Waals surface area contributed by atoms with Crippen molar-refractivity contribution in [3.63, 3.8) is 0 Å². The molecule has 0 aromatic carbocycles. The van der Waals surface area contributed by atoms with Crippen molar-refractivity contribution in [1.29, 1.82) is 0 Å². The normalized spacial score (nSPS) is 11.4. The van der Waals surface area contributed by atoms with Crippen LogP contribution in [0.4, 0.5) is 4.79 Å². The molecule has 0 aliphatic heterocycles. The molecular weight excluding hydrogens is 270 g/mol. The monoisotopic (exact) mass is 289 g/mol. The van der Waals surface area contributed by atoms with Crippen LogP contribution >= 0.6 is 11.8 Å². The molecule has 0 saturated carbocycles. The molecule has 0 aromatic heterocycles. The second kappa shape index (κ2) is 10.2. The Morgan fingerprint density at radius 1 is 1.42 bits per heavy atom. The van der Waals surface area contributed by atoms with Gasteiger partial charge in [-0.05, 0) is 6.42 Å². The lowest BCUT2D eigenvalue weighted by Crippen LogP contribution is -2.46. The second-order valence-corrected chi connectivity index (χ2v) is 4.81. The number of hydrogen-bond acceptors (Lipinski definition) is 4. The van der Waals surface area contributed by atoms with Crippen molar-refractivity contribution in [3.05, 3.63) is 12.7 Å². The Labute approximate surface area is 116 Å². The molecule has 1 atom stereocenters. The minimum absolute atomic E-state index is 0.0245. The van der Waals surface area contributed by atoms with Gasteiger partial charge in [0.1, 0.15) is 6.04 Å². The average molecular weight is 289 g/mol. The number of urea groups is 1. The summed E-state index contributed by atoms with van der Waals surface area (Å²) >= 11 is 1.60. The van der Waals surface area contributed by atoms with Crippen molar-refractivity contribution in [2.75, 3.05) is 18.1 Å². The molecule has 0 bridgehead atoms. The number of carboxylic acid groups (broad SMARTS) is 1. The molecular formula is C11H19N3O4S. The van der Waals surface area contributed by atoms with E-state index in [4.69, 9.17) is 10.8 Å². The van der Waals surface area contributed by atoms with E-state index in [1.807, 2.05) is 0 Å². The van der Waals surface area contributed by atoms with Crippen molar-refractivity contribution in [2.24, 2.45) is 5.73 Å². The molecule has 0 heterocycles. The molecule has 0 aromatic rings. The summed E-state index contributed by atoms with van der Waals surface area (Å²) < 4.78 is 0. The first-order valence-electron chi connectivity index (χ1n) is 5.71. The fourth-order valence-corrected chi connectivity index (χ4v) is 1.74. The van der Waals surface area contributed by atoms with Crippen molar-refractivity contribution in [1.82, 2.24) is 10.6 Å². The van der Waals surface area contributed by atoms with E-state index < -0.39 is 23.9 Å². The number of carbonyl (C=O) groups is 3. The predicted molar refractivity (Wildman–Crippen MR) is 73.9 cm³/mol. The summed E-state index contributed by atoms with van der Waals surface area (Å²) in [4.78, 5) is 32.8. The van der Waals surface area contributed by atoms with E-state index >= 15 is 0 Å². The van der Waals surface area contributed by atoms with E-state index in [0.29, 0.717) is 12.3 Å². The molecule has 0 aliphatic rings. The standard InChI is InChI=1S/C11H19N3O4S/c1-2-6-19-7-5-13-11(18)14-8(10(16)17)3-4-9(12)15/h2,8H,1,3-7H2,(H2,12,15)(H,16,17)(H2,13,14,18)/t8-/m0/s1. The fraction of sp³-hybridized carbons (Fsp3) is 0.545. The topological polar surface area (TPSA) is 122 Å². The van der Waals surface area contributed by atoms with Crippen molar-refractivity contribution in [2.45, 2.75) is 18.9 Å². The van der Waals surface area contributed by atoms with E-state index in [2.05, 4.69) is 17.2 Å². The summed E-state index contributed by atoms with van der Waals surface area (Å²) in [6.07, 6.45) is 1.64. The number of hydrogen-bond donors (Lipinski definition) is 4. The van der Waals surface area contributed by atoms with E-state index in [-0.39, 0.29) is 12.8 Å². The minimum Gasteiger partial charge on any atom is -0.480 e. The number of thioether (sulfide) groups is 1. The lowest BCUT2D eigenvalue weighted by atomic mass is 10.1. The molecule has 8 heteroatoms. The van der Waals surface area contributed by atoms with Gasteiger partial charge >= 0.3 is 12.0 Å². The van der Waals surface area contributed by atoms with Gasteiger partial charge in [-0.2, -0.15) is 11.8 Å². The number of amides is 3. The zero-order chi connectivity index (χ0) is 14.7. The van der Waals surface area contributed by atoms with Gasteiger partial charge in [-0.15, -0.1) is 6.58 Å². The maximum absolute atomic E-state index is 11.4. The molecule has 108 valence electrons. The van der Waals surface area contributed by atoms with Gasteiger partial charge in [0.05, 0.1) is 0 Å². The predicted octanol–water partition coefficient (Wildman–Crippen LogP) is -0.0765. The SMILES string of the molecule is C=CCSCCNC(=O)N[C@@H](CCC(N)=O)C(=O)O. The largest absolute Gasteiger partial charge is 0.480 e. The number of primary amides is 1. The van der Waals surface area contributed by atoms with Crippen LogP contribution in [-0.4, -0.2) is 47.1 Å². The van der Waals surface area contributed by atoms with Crippen LogP contribution in [0.15, 0.2) is 12.7 Å². The van der Waals surface area contributed by atoms with Gasteiger partial charge in [-0.1, -0.05) is 6.08 Å². The highest BCUT2D eigenvalue weighted by Crippen LogP contribution is 1.98. The van der Waals surface area contributed by atoms with Gasteiger partial charge in [-0.25, -0.2) is 9.59 Å². The third kappa shape index (κ3) is 9.95. The Kier molecular flexibility index (Phi) is 9.33. The molecule has 3 amide bonds. The molecule has 7 nitrogen and oxygen atoms in total. The second-order valence-electron chi connectivity index (χ2n) is 3.66. The van der Waals surface area contributed by atoms with Gasteiger partial charge in [-0.3, -0.25) is 4.79 Å². The first-order chi connectivity index (χ1) is 8.97. The summed E-state index contributed by atoms with van der Waals surface area (Å²) in [6, 6.07) is -1.69. The van der Waals surface area contributed by atoms with Crippen LogP contribution in [0.1, 0.15) is 12.8 Å². The summed E-state index contributed by atoms with van der Waals surface area (Å²) in [6.45, 7) is 3.99. The zero-order valence-electron chi connectivity index (χ0n) is 10.6. The van der Waals surface area contributed by atoms with Gasteiger partial charge in [0.2, 0.25) is 5.91 Å². The van der Waals surface area contributed by atoms with Crippen LogP contribution in [-0.2, 0) is 9.59 Å². The van der Waals surface area contributed by atoms with Gasteiger partial charge < -0.3 is 21.5 Å². The lowest BCUT2D eigenvalue weighted by molar-refractivity contribution is -0.139. The van der Waals surface area contributed by atoms with E-state index in [9.17, 15) is 14.4 Å². The van der Waals surface area contributed by atoms with Crippen LogP contribution in [0, 0.1) is 0 Å². The molecule has 0 unspecified atom stereocenters. The first-order valence-corrected chi connectivity index (χ1v) is 6.87. The third-order valence-electron chi connectivity index (χ3n) is 2.05. The van der Waals surface area contributed by atoms with Crippen LogP contribution < -0.4 is 16.4 Å².